The predicted octanol–water partition coefficient (Wildman–Crippen LogP) is 2.60. The summed E-state index contributed by atoms with van der Waals surface area (Å²) < 4.78 is 44.6. The molecule has 0 unspecified atom stereocenters. The van der Waals surface area contributed by atoms with E-state index in [9.17, 15) is 37.7 Å². The molecule has 1 N–H and O–H groups in total. The minimum Gasteiger partial charge on any atom is -0.456 e. The molecule has 14 heteroatoms. The van der Waals surface area contributed by atoms with E-state index in [-0.39, 0.29) is 11.5 Å². The van der Waals surface area contributed by atoms with Crippen molar-refractivity contribution in [1.82, 2.24) is 14.1 Å². The summed E-state index contributed by atoms with van der Waals surface area (Å²) in [4.78, 5) is 48.4. The molecule has 0 radical (unpaired) electrons. The molecule has 0 aliphatic rings. The van der Waals surface area contributed by atoms with Crippen LogP contribution in [0, 0.1) is 10.1 Å². The number of benzene rings is 2. The number of nitrogens with zero attached hydrogens (tertiary/aromatic N) is 3. The first-order chi connectivity index (χ1) is 14.4. The van der Waals surface area contributed by atoms with Gasteiger partial charge in [-0.05, 0) is 24.3 Å². The Bertz CT molecular complexity index is 1380. The maximum atomic E-state index is 12.8. The molecular formula is C17H10ClF3N4O6. The van der Waals surface area contributed by atoms with Crippen molar-refractivity contribution >= 4 is 17.3 Å². The number of aromatic nitrogens is 3. The fourth-order valence-corrected chi connectivity index (χ4v) is 2.77. The van der Waals surface area contributed by atoms with Crippen LogP contribution in [0.3, 0.4) is 0 Å². The summed E-state index contributed by atoms with van der Waals surface area (Å²) in [6.07, 6.45) is -4.63. The van der Waals surface area contributed by atoms with Crippen molar-refractivity contribution in [2.75, 3.05) is 0 Å². The van der Waals surface area contributed by atoms with E-state index in [2.05, 4.69) is 0 Å². The van der Waals surface area contributed by atoms with E-state index >= 15 is 0 Å². The molecule has 0 amide bonds. The van der Waals surface area contributed by atoms with Crippen LogP contribution in [0.5, 0.6) is 11.5 Å². The van der Waals surface area contributed by atoms with Crippen molar-refractivity contribution in [2.45, 2.75) is 6.18 Å². The molecule has 0 fully saturated rings. The van der Waals surface area contributed by atoms with Gasteiger partial charge in [-0.25, -0.2) is 23.5 Å². The van der Waals surface area contributed by atoms with E-state index in [0.717, 1.165) is 37.4 Å². The van der Waals surface area contributed by atoms with Gasteiger partial charge < -0.3 is 4.74 Å². The van der Waals surface area contributed by atoms with E-state index in [1.54, 1.807) is 0 Å². The molecule has 0 aliphatic heterocycles. The number of halogens is 4. The Balaban J connectivity index is 2.14. The molecule has 0 saturated heterocycles. The SMILES string of the molecule is Cn1c(=O)[nH]c(=O)n(-c2cc(Oc3ccc(C(F)(F)F)cc3Cl)ccc2[N+](=O)[O-])c1=O. The molecule has 0 aliphatic carbocycles. The van der Waals surface area contributed by atoms with Crippen molar-refractivity contribution < 1.29 is 22.8 Å². The molecule has 0 saturated carbocycles. The Hall–Kier alpha value is -3.87. The van der Waals surface area contributed by atoms with Gasteiger partial charge in [0.2, 0.25) is 0 Å². The van der Waals surface area contributed by atoms with Gasteiger partial charge in [-0.15, -0.1) is 0 Å². The van der Waals surface area contributed by atoms with E-state index in [4.69, 9.17) is 16.3 Å². The van der Waals surface area contributed by atoms with Gasteiger partial charge in [0.05, 0.1) is 15.5 Å². The number of H-pyrrole nitrogens is 1. The fourth-order valence-electron chi connectivity index (χ4n) is 2.55. The molecule has 3 rings (SSSR count). The molecule has 2 aromatic carbocycles. The molecule has 10 nitrogen and oxygen atoms in total. The van der Waals surface area contributed by atoms with Gasteiger partial charge in [-0.3, -0.25) is 15.1 Å². The Kier molecular flexibility index (Phi) is 5.46. The predicted molar refractivity (Wildman–Crippen MR) is 101 cm³/mol. The fraction of sp³-hybridized carbons (Fsp3) is 0.118. The first-order valence-corrected chi connectivity index (χ1v) is 8.53. The zero-order valence-electron chi connectivity index (χ0n) is 15.3. The van der Waals surface area contributed by atoms with Gasteiger partial charge in [0.25, 0.3) is 5.69 Å². The number of rotatable bonds is 4. The highest BCUT2D eigenvalue weighted by molar-refractivity contribution is 6.32. The topological polar surface area (TPSA) is 129 Å². The van der Waals surface area contributed by atoms with E-state index < -0.39 is 50.1 Å². The Morgan fingerprint density at radius 3 is 2.35 bits per heavy atom. The van der Waals surface area contributed by atoms with Crippen molar-refractivity contribution in [1.29, 1.82) is 0 Å². The van der Waals surface area contributed by atoms with Gasteiger partial charge in [0.15, 0.2) is 0 Å². The average molecular weight is 459 g/mol. The van der Waals surface area contributed by atoms with Gasteiger partial charge >= 0.3 is 23.2 Å². The second-order valence-electron chi connectivity index (χ2n) is 6.06. The number of nitro groups is 1. The molecule has 1 heterocycles. The Labute approximate surface area is 173 Å². The van der Waals surface area contributed by atoms with Gasteiger partial charge in [-0.2, -0.15) is 13.2 Å². The third-order valence-corrected chi connectivity index (χ3v) is 4.37. The average Bonchev–Trinajstić information content (AvgIpc) is 2.67. The highest BCUT2D eigenvalue weighted by Gasteiger charge is 2.31. The highest BCUT2D eigenvalue weighted by Crippen LogP contribution is 2.37. The van der Waals surface area contributed by atoms with Crippen LogP contribution < -0.4 is 21.8 Å². The van der Waals surface area contributed by atoms with Gasteiger partial charge in [0, 0.05) is 19.2 Å². The summed E-state index contributed by atoms with van der Waals surface area (Å²) in [5, 5.41) is 11.0. The Morgan fingerprint density at radius 2 is 1.77 bits per heavy atom. The van der Waals surface area contributed by atoms with Crippen LogP contribution in [0.15, 0.2) is 50.8 Å². The van der Waals surface area contributed by atoms with Gasteiger partial charge in [-0.1, -0.05) is 11.6 Å². The van der Waals surface area contributed by atoms with Crippen molar-refractivity contribution in [3.05, 3.63) is 88.6 Å². The molecule has 162 valence electrons. The summed E-state index contributed by atoms with van der Waals surface area (Å²) >= 11 is 5.83. The first-order valence-electron chi connectivity index (χ1n) is 8.16. The molecule has 0 spiro atoms. The summed E-state index contributed by atoms with van der Waals surface area (Å²) in [6.45, 7) is 0. The van der Waals surface area contributed by atoms with Crippen LogP contribution >= 0.6 is 11.6 Å². The lowest BCUT2D eigenvalue weighted by Crippen LogP contribution is -2.47. The maximum Gasteiger partial charge on any atom is 0.416 e. The van der Waals surface area contributed by atoms with E-state index in [0.29, 0.717) is 15.2 Å². The number of ether oxygens (including phenoxy) is 1. The van der Waals surface area contributed by atoms with Gasteiger partial charge in [0.1, 0.15) is 17.2 Å². The van der Waals surface area contributed by atoms with E-state index in [1.807, 2.05) is 4.98 Å². The van der Waals surface area contributed by atoms with Crippen LogP contribution in [-0.2, 0) is 13.2 Å². The quantitative estimate of drug-likeness (QED) is 0.472. The minimum atomic E-state index is -4.63. The zero-order valence-corrected chi connectivity index (χ0v) is 16.0. The summed E-state index contributed by atoms with van der Waals surface area (Å²) in [5.41, 5.74) is -5.65. The van der Waals surface area contributed by atoms with Crippen LogP contribution in [0.2, 0.25) is 5.02 Å². The Morgan fingerprint density at radius 1 is 1.10 bits per heavy atom. The second kappa shape index (κ2) is 7.75. The monoisotopic (exact) mass is 458 g/mol. The normalized spacial score (nSPS) is 11.4. The second-order valence-corrected chi connectivity index (χ2v) is 6.47. The van der Waals surface area contributed by atoms with Crippen molar-refractivity contribution in [3.8, 4) is 17.2 Å². The number of alkyl halides is 3. The number of aromatic amines is 1. The van der Waals surface area contributed by atoms with Crippen LogP contribution in [-0.4, -0.2) is 19.0 Å². The third kappa shape index (κ3) is 4.21. The molecule has 1 aromatic heterocycles. The highest BCUT2D eigenvalue weighted by atomic mass is 35.5. The largest absolute Gasteiger partial charge is 0.456 e. The lowest BCUT2D eigenvalue weighted by molar-refractivity contribution is -0.384. The third-order valence-electron chi connectivity index (χ3n) is 4.07. The van der Waals surface area contributed by atoms with Crippen LogP contribution in [0.25, 0.3) is 5.69 Å². The summed E-state index contributed by atoms with van der Waals surface area (Å²) in [6, 6.07) is 5.24. The molecule has 0 atom stereocenters. The standard InChI is InChI=1S/C17H10ClF3N4O6/c1-23-14(26)22-15(27)24(16(23)28)12-7-9(3-4-11(12)25(29)30)31-13-5-2-8(6-10(13)18)17(19,20)21/h2-7H,1H3,(H,22,26,27). The summed E-state index contributed by atoms with van der Waals surface area (Å²) in [5.74, 6) is -0.390. The lowest BCUT2D eigenvalue weighted by Gasteiger charge is -2.12. The van der Waals surface area contributed by atoms with Crippen molar-refractivity contribution in [3.63, 3.8) is 0 Å². The number of nitrogens with one attached hydrogen (secondary N) is 1. The number of hydrogen-bond donors (Lipinski definition) is 1. The molecule has 3 aromatic rings. The number of hydrogen-bond acceptors (Lipinski definition) is 6. The number of nitro benzene ring substituents is 1. The van der Waals surface area contributed by atoms with Crippen molar-refractivity contribution in [2.24, 2.45) is 7.05 Å². The smallest absolute Gasteiger partial charge is 0.416 e. The summed E-state index contributed by atoms with van der Waals surface area (Å²) in [7, 11) is 1.05. The maximum absolute atomic E-state index is 12.8. The zero-order chi connectivity index (χ0) is 23.1. The lowest BCUT2D eigenvalue weighted by atomic mass is 10.2. The minimum absolute atomic E-state index is 0.178. The van der Waals surface area contributed by atoms with Crippen LogP contribution in [0.1, 0.15) is 5.56 Å². The van der Waals surface area contributed by atoms with E-state index in [1.165, 1.54) is 0 Å². The molecule has 31 heavy (non-hydrogen) atoms. The van der Waals surface area contributed by atoms with Crippen LogP contribution in [0.4, 0.5) is 18.9 Å². The molecular weight excluding hydrogens is 449 g/mol. The molecule has 0 bridgehead atoms. The first kappa shape index (κ1) is 21.8.